The van der Waals surface area contributed by atoms with Crippen molar-refractivity contribution >= 4 is 16.5 Å². The third-order valence-corrected chi connectivity index (χ3v) is 3.80. The van der Waals surface area contributed by atoms with Gasteiger partial charge in [-0.25, -0.2) is 4.39 Å². The normalized spacial score (nSPS) is 12.4. The Labute approximate surface area is 110 Å². The summed E-state index contributed by atoms with van der Waals surface area (Å²) in [4.78, 5) is 0. The van der Waals surface area contributed by atoms with Crippen LogP contribution in [0.4, 0.5) is 9.52 Å². The average molecular weight is 265 g/mol. The van der Waals surface area contributed by atoms with Crippen molar-refractivity contribution in [2.75, 3.05) is 5.32 Å². The van der Waals surface area contributed by atoms with Gasteiger partial charge in [-0.2, -0.15) is 0 Å². The molecule has 0 saturated carbocycles. The molecule has 0 aliphatic carbocycles. The molecule has 2 aromatic rings. The summed E-state index contributed by atoms with van der Waals surface area (Å²) in [6.45, 7) is 5.79. The lowest BCUT2D eigenvalue weighted by molar-refractivity contribution is 0.614. The van der Waals surface area contributed by atoms with Gasteiger partial charge in [0.05, 0.1) is 6.04 Å². The Morgan fingerprint density at radius 2 is 2.17 bits per heavy atom. The SMILES string of the molecule is CCc1nnc(NC(C)c2ccc(C)c(F)c2)s1. The van der Waals surface area contributed by atoms with Crippen LogP contribution in [-0.4, -0.2) is 10.2 Å². The van der Waals surface area contributed by atoms with Crippen LogP contribution in [0, 0.1) is 12.7 Å². The van der Waals surface area contributed by atoms with Crippen molar-refractivity contribution in [1.82, 2.24) is 10.2 Å². The zero-order valence-corrected chi connectivity index (χ0v) is 11.5. The second-order valence-electron chi connectivity index (χ2n) is 4.23. The van der Waals surface area contributed by atoms with Crippen LogP contribution >= 0.6 is 11.3 Å². The van der Waals surface area contributed by atoms with Gasteiger partial charge in [-0.3, -0.25) is 0 Å². The maximum atomic E-state index is 13.5. The summed E-state index contributed by atoms with van der Waals surface area (Å²) >= 11 is 1.54. The molecule has 0 aliphatic heterocycles. The molecule has 0 saturated heterocycles. The summed E-state index contributed by atoms with van der Waals surface area (Å²) in [6.07, 6.45) is 0.882. The number of rotatable bonds is 4. The molecule has 0 spiro atoms. The monoisotopic (exact) mass is 265 g/mol. The third-order valence-electron chi connectivity index (χ3n) is 2.81. The van der Waals surface area contributed by atoms with Crippen LogP contribution in [0.2, 0.25) is 0 Å². The van der Waals surface area contributed by atoms with E-state index in [2.05, 4.69) is 15.5 Å². The maximum absolute atomic E-state index is 13.5. The molecule has 3 nitrogen and oxygen atoms in total. The molecule has 0 amide bonds. The van der Waals surface area contributed by atoms with Gasteiger partial charge in [-0.1, -0.05) is 30.4 Å². The Morgan fingerprint density at radius 3 is 2.78 bits per heavy atom. The first-order valence-corrected chi connectivity index (χ1v) is 6.76. The minimum absolute atomic E-state index is 0.0118. The molecule has 1 N–H and O–H groups in total. The Kier molecular flexibility index (Phi) is 3.91. The van der Waals surface area contributed by atoms with Crippen LogP contribution in [0.25, 0.3) is 0 Å². The molecule has 2 rings (SSSR count). The highest BCUT2D eigenvalue weighted by Crippen LogP contribution is 2.23. The lowest BCUT2D eigenvalue weighted by Crippen LogP contribution is -2.06. The van der Waals surface area contributed by atoms with E-state index in [1.165, 1.54) is 11.3 Å². The average Bonchev–Trinajstić information content (AvgIpc) is 2.80. The highest BCUT2D eigenvalue weighted by molar-refractivity contribution is 7.15. The molecule has 18 heavy (non-hydrogen) atoms. The molecule has 1 heterocycles. The quantitative estimate of drug-likeness (QED) is 0.915. The largest absolute Gasteiger partial charge is 0.354 e. The van der Waals surface area contributed by atoms with E-state index in [-0.39, 0.29) is 11.9 Å². The summed E-state index contributed by atoms with van der Waals surface area (Å²) < 4.78 is 13.5. The van der Waals surface area contributed by atoms with Crippen molar-refractivity contribution in [1.29, 1.82) is 0 Å². The molecule has 1 aromatic carbocycles. The van der Waals surface area contributed by atoms with Gasteiger partial charge >= 0.3 is 0 Å². The molecule has 0 bridgehead atoms. The van der Waals surface area contributed by atoms with Gasteiger partial charge in [0.2, 0.25) is 5.13 Å². The predicted molar refractivity (Wildman–Crippen MR) is 72.5 cm³/mol. The van der Waals surface area contributed by atoms with Crippen molar-refractivity contribution in [3.05, 3.63) is 40.2 Å². The second-order valence-corrected chi connectivity index (χ2v) is 5.29. The van der Waals surface area contributed by atoms with Crippen molar-refractivity contribution in [3.8, 4) is 0 Å². The van der Waals surface area contributed by atoms with Crippen molar-refractivity contribution in [2.45, 2.75) is 33.2 Å². The fraction of sp³-hybridized carbons (Fsp3) is 0.385. The minimum atomic E-state index is -0.173. The van der Waals surface area contributed by atoms with Gasteiger partial charge < -0.3 is 5.32 Å². The summed E-state index contributed by atoms with van der Waals surface area (Å²) in [7, 11) is 0. The zero-order chi connectivity index (χ0) is 13.1. The number of benzene rings is 1. The Balaban J connectivity index is 2.11. The Bertz CT molecular complexity index is 539. The number of anilines is 1. The standard InChI is InChI=1S/C13H16FN3S/c1-4-12-16-17-13(18-12)15-9(3)10-6-5-8(2)11(14)7-10/h5-7,9H,4H2,1-3H3,(H,15,17). The van der Waals surface area contributed by atoms with E-state index < -0.39 is 0 Å². The van der Waals surface area contributed by atoms with Crippen LogP contribution in [0.5, 0.6) is 0 Å². The van der Waals surface area contributed by atoms with Gasteiger partial charge in [0, 0.05) is 0 Å². The van der Waals surface area contributed by atoms with Gasteiger partial charge in [-0.15, -0.1) is 10.2 Å². The number of hydrogen-bond donors (Lipinski definition) is 1. The van der Waals surface area contributed by atoms with Crippen LogP contribution in [0.15, 0.2) is 18.2 Å². The molecular formula is C13H16FN3S. The van der Waals surface area contributed by atoms with Gasteiger partial charge in [-0.05, 0) is 37.5 Å². The van der Waals surface area contributed by atoms with E-state index in [1.807, 2.05) is 19.9 Å². The minimum Gasteiger partial charge on any atom is -0.354 e. The van der Waals surface area contributed by atoms with Crippen LogP contribution in [0.3, 0.4) is 0 Å². The van der Waals surface area contributed by atoms with E-state index in [0.717, 1.165) is 22.1 Å². The number of halogens is 1. The highest BCUT2D eigenvalue weighted by Gasteiger charge is 2.10. The highest BCUT2D eigenvalue weighted by atomic mass is 32.1. The van der Waals surface area contributed by atoms with E-state index in [0.29, 0.717) is 5.56 Å². The zero-order valence-electron chi connectivity index (χ0n) is 10.7. The van der Waals surface area contributed by atoms with Gasteiger partial charge in [0.25, 0.3) is 0 Å². The lowest BCUT2D eigenvalue weighted by atomic mass is 10.1. The second kappa shape index (κ2) is 5.44. The number of aromatic nitrogens is 2. The van der Waals surface area contributed by atoms with Gasteiger partial charge in [0.1, 0.15) is 10.8 Å². The molecule has 1 unspecified atom stereocenters. The van der Waals surface area contributed by atoms with Crippen LogP contribution in [0.1, 0.15) is 36.0 Å². The van der Waals surface area contributed by atoms with Crippen LogP contribution < -0.4 is 5.32 Å². The van der Waals surface area contributed by atoms with Crippen LogP contribution in [-0.2, 0) is 6.42 Å². The summed E-state index contributed by atoms with van der Waals surface area (Å²) in [6, 6.07) is 5.30. The van der Waals surface area contributed by atoms with Crippen molar-refractivity contribution in [2.24, 2.45) is 0 Å². The Hall–Kier alpha value is -1.49. The summed E-state index contributed by atoms with van der Waals surface area (Å²) in [5.74, 6) is -0.173. The molecule has 96 valence electrons. The smallest absolute Gasteiger partial charge is 0.206 e. The molecule has 0 radical (unpaired) electrons. The summed E-state index contributed by atoms with van der Waals surface area (Å²) in [5, 5.41) is 13.1. The van der Waals surface area contributed by atoms with Crippen molar-refractivity contribution < 1.29 is 4.39 Å². The molecule has 0 aliphatic rings. The number of aryl methyl sites for hydroxylation is 2. The molecule has 1 aromatic heterocycles. The van der Waals surface area contributed by atoms with Crippen molar-refractivity contribution in [3.63, 3.8) is 0 Å². The number of nitrogens with one attached hydrogen (secondary N) is 1. The van der Waals surface area contributed by atoms with Gasteiger partial charge in [0.15, 0.2) is 0 Å². The first kappa shape index (κ1) is 13.0. The van der Waals surface area contributed by atoms with E-state index in [9.17, 15) is 4.39 Å². The molecular weight excluding hydrogens is 249 g/mol. The lowest BCUT2D eigenvalue weighted by Gasteiger charge is -2.13. The van der Waals surface area contributed by atoms with E-state index >= 15 is 0 Å². The van der Waals surface area contributed by atoms with E-state index in [4.69, 9.17) is 0 Å². The predicted octanol–water partition coefficient (Wildman–Crippen LogP) is 3.72. The number of hydrogen-bond acceptors (Lipinski definition) is 4. The first-order valence-electron chi connectivity index (χ1n) is 5.95. The fourth-order valence-electron chi connectivity index (χ4n) is 1.60. The van der Waals surface area contributed by atoms with E-state index in [1.54, 1.807) is 19.1 Å². The Morgan fingerprint density at radius 1 is 1.39 bits per heavy atom. The molecule has 5 heteroatoms. The third kappa shape index (κ3) is 2.85. The fourth-order valence-corrected chi connectivity index (χ4v) is 2.37. The topological polar surface area (TPSA) is 37.8 Å². The maximum Gasteiger partial charge on any atom is 0.206 e. The first-order chi connectivity index (χ1) is 8.60. The number of nitrogens with zero attached hydrogens (tertiary/aromatic N) is 2. The summed E-state index contributed by atoms with van der Waals surface area (Å²) in [5.41, 5.74) is 1.57. The molecule has 1 atom stereocenters. The molecule has 0 fully saturated rings.